The molecule has 8 aromatic carbocycles. The van der Waals surface area contributed by atoms with Gasteiger partial charge in [0.25, 0.3) is 0 Å². The predicted octanol–water partition coefficient (Wildman–Crippen LogP) is 12.3. The first-order chi connectivity index (χ1) is 27.2. The number of para-hydroxylation sites is 1. The monoisotopic (exact) mass is 700 g/mol. The lowest BCUT2D eigenvalue weighted by Gasteiger charge is -2.14. The second-order valence-corrected chi connectivity index (χ2v) is 14.8. The van der Waals surface area contributed by atoms with Gasteiger partial charge in [-0.1, -0.05) is 127 Å². The van der Waals surface area contributed by atoms with Crippen molar-refractivity contribution in [2.45, 2.75) is 12.8 Å². The van der Waals surface area contributed by atoms with E-state index in [-0.39, 0.29) is 0 Å². The lowest BCUT2D eigenvalue weighted by molar-refractivity contribution is 1.06. The van der Waals surface area contributed by atoms with Gasteiger partial charge in [0.15, 0.2) is 17.5 Å². The van der Waals surface area contributed by atoms with Crippen LogP contribution >= 0.6 is 0 Å². The van der Waals surface area contributed by atoms with Crippen molar-refractivity contribution >= 4 is 32.6 Å². The molecule has 0 saturated carbocycles. The molecule has 55 heavy (non-hydrogen) atoms. The molecule has 0 N–H and O–H groups in total. The Morgan fingerprint density at radius 3 is 1.53 bits per heavy atom. The van der Waals surface area contributed by atoms with Crippen molar-refractivity contribution in [3.8, 4) is 62.1 Å². The summed E-state index contributed by atoms with van der Waals surface area (Å²) in [7, 11) is 0. The number of hydrogen-bond acceptors (Lipinski definition) is 3. The van der Waals surface area contributed by atoms with Gasteiger partial charge in [0, 0.05) is 33.2 Å². The zero-order valence-corrected chi connectivity index (χ0v) is 29.9. The molecular weight excluding hydrogens is 669 g/mol. The normalized spacial score (nSPS) is 12.6. The summed E-state index contributed by atoms with van der Waals surface area (Å²) in [4.78, 5) is 15.8. The highest BCUT2D eigenvalue weighted by atomic mass is 15.0. The maximum atomic E-state index is 5.31. The maximum Gasteiger partial charge on any atom is 0.164 e. The summed E-state index contributed by atoms with van der Waals surface area (Å²) in [5, 5.41) is 4.97. The zero-order valence-electron chi connectivity index (χ0n) is 29.9. The maximum absolute atomic E-state index is 5.31. The second-order valence-electron chi connectivity index (χ2n) is 14.8. The number of aromatic nitrogens is 4. The van der Waals surface area contributed by atoms with Crippen LogP contribution in [0.3, 0.4) is 0 Å². The molecular formula is C51H32N4. The topological polar surface area (TPSA) is 43.6 Å². The number of nitrogens with zero attached hydrogens (tertiary/aromatic N) is 4. The zero-order chi connectivity index (χ0) is 36.0. The van der Waals surface area contributed by atoms with E-state index in [0.717, 1.165) is 35.2 Å². The van der Waals surface area contributed by atoms with Crippen molar-refractivity contribution in [2.24, 2.45) is 0 Å². The largest absolute Gasteiger partial charge is 0.309 e. The van der Waals surface area contributed by atoms with Gasteiger partial charge in [-0.05, 0) is 111 Å². The Kier molecular flexibility index (Phi) is 6.43. The van der Waals surface area contributed by atoms with Crippen LogP contribution in [0.15, 0.2) is 170 Å². The van der Waals surface area contributed by atoms with E-state index in [1.54, 1.807) is 0 Å². The Hall–Kier alpha value is -7.17. The van der Waals surface area contributed by atoms with Crippen LogP contribution in [0.5, 0.6) is 0 Å². The standard InChI is InChI=1S/C51H32N4/c1-2-12-33-30-48-46(27-32(33)11-1)41-17-7-8-22-47(41)55(48)36-25-23-31(24-26-36)49-52-50(42-20-9-18-39-37-15-5-3-13-34(37)28-44(39)42)54-51(53-49)43-21-10-19-40-38-16-6-4-14-35(38)29-45(40)43/h1-27,30H,28-29H2. The quantitative estimate of drug-likeness (QED) is 0.184. The van der Waals surface area contributed by atoms with Crippen LogP contribution in [0, 0.1) is 0 Å². The van der Waals surface area contributed by atoms with Crippen LogP contribution < -0.4 is 0 Å². The number of hydrogen-bond donors (Lipinski definition) is 0. The van der Waals surface area contributed by atoms with E-state index in [4.69, 9.17) is 15.0 Å². The van der Waals surface area contributed by atoms with Gasteiger partial charge >= 0.3 is 0 Å². The first-order valence-corrected chi connectivity index (χ1v) is 19.0. The van der Waals surface area contributed by atoms with E-state index in [0.29, 0.717) is 17.5 Å². The first kappa shape index (κ1) is 30.3. The molecule has 2 aromatic heterocycles. The molecule has 0 fully saturated rings. The third-order valence-corrected chi connectivity index (χ3v) is 11.7. The highest BCUT2D eigenvalue weighted by molar-refractivity contribution is 6.13. The smallest absolute Gasteiger partial charge is 0.164 e. The summed E-state index contributed by atoms with van der Waals surface area (Å²) in [6.07, 6.45) is 1.72. The fourth-order valence-corrected chi connectivity index (χ4v) is 9.17. The highest BCUT2D eigenvalue weighted by Gasteiger charge is 2.26. The average Bonchev–Trinajstić information content (AvgIpc) is 3.92. The molecule has 2 aliphatic rings. The fraction of sp³-hybridized carbons (Fsp3) is 0.0392. The molecule has 0 aliphatic heterocycles. The minimum absolute atomic E-state index is 0.668. The SMILES string of the molecule is c1ccc2c(c1)Cc1c(-c3nc(-c4ccc(-n5c6ccccc6c6cc7ccccc7cc65)cc4)nc(-c4cccc5c4Cc4ccccc4-5)n3)cccc1-2. The molecule has 256 valence electrons. The van der Waals surface area contributed by atoms with Crippen molar-refractivity contribution < 1.29 is 0 Å². The summed E-state index contributed by atoms with van der Waals surface area (Å²) >= 11 is 0. The summed E-state index contributed by atoms with van der Waals surface area (Å²) in [5.74, 6) is 2.08. The van der Waals surface area contributed by atoms with E-state index < -0.39 is 0 Å². The number of benzene rings is 8. The summed E-state index contributed by atoms with van der Waals surface area (Å²) in [6.45, 7) is 0. The Labute approximate surface area is 318 Å². The molecule has 0 atom stereocenters. The van der Waals surface area contributed by atoms with Gasteiger partial charge in [-0.2, -0.15) is 0 Å². The lowest BCUT2D eigenvalue weighted by Crippen LogP contribution is -2.03. The molecule has 0 spiro atoms. The molecule has 4 nitrogen and oxygen atoms in total. The third-order valence-electron chi connectivity index (χ3n) is 11.7. The molecule has 0 saturated heterocycles. The Morgan fingerprint density at radius 1 is 0.364 bits per heavy atom. The van der Waals surface area contributed by atoms with Crippen molar-refractivity contribution in [2.75, 3.05) is 0 Å². The van der Waals surface area contributed by atoms with Crippen LogP contribution in [-0.2, 0) is 12.8 Å². The Balaban J connectivity index is 1.03. The van der Waals surface area contributed by atoms with Crippen LogP contribution in [0.4, 0.5) is 0 Å². The van der Waals surface area contributed by atoms with Gasteiger partial charge in [0.05, 0.1) is 11.0 Å². The minimum atomic E-state index is 0.668. The van der Waals surface area contributed by atoms with Crippen LogP contribution in [0.1, 0.15) is 22.3 Å². The van der Waals surface area contributed by atoms with Crippen molar-refractivity contribution in [1.29, 1.82) is 0 Å². The third kappa shape index (κ3) is 4.61. The Morgan fingerprint density at radius 2 is 0.873 bits per heavy atom. The van der Waals surface area contributed by atoms with Crippen molar-refractivity contribution in [3.05, 3.63) is 192 Å². The molecule has 0 radical (unpaired) electrons. The van der Waals surface area contributed by atoms with E-state index >= 15 is 0 Å². The molecule has 2 aliphatic carbocycles. The lowest BCUT2D eigenvalue weighted by atomic mass is 9.99. The van der Waals surface area contributed by atoms with E-state index in [1.807, 2.05) is 0 Å². The molecule has 2 heterocycles. The van der Waals surface area contributed by atoms with Gasteiger partial charge in [0.2, 0.25) is 0 Å². The molecule has 0 bridgehead atoms. The average molecular weight is 701 g/mol. The van der Waals surface area contributed by atoms with E-state index in [1.165, 1.54) is 77.1 Å². The molecule has 4 heteroatoms. The van der Waals surface area contributed by atoms with Crippen molar-refractivity contribution in [3.63, 3.8) is 0 Å². The molecule has 10 aromatic rings. The van der Waals surface area contributed by atoms with Gasteiger partial charge < -0.3 is 4.57 Å². The van der Waals surface area contributed by atoms with E-state index in [2.05, 4.69) is 174 Å². The fourth-order valence-electron chi connectivity index (χ4n) is 9.17. The first-order valence-electron chi connectivity index (χ1n) is 19.0. The van der Waals surface area contributed by atoms with Gasteiger partial charge in [-0.25, -0.2) is 15.0 Å². The summed E-state index contributed by atoms with van der Waals surface area (Å²) in [5.41, 5.74) is 16.9. The van der Waals surface area contributed by atoms with Crippen LogP contribution in [0.25, 0.3) is 94.7 Å². The van der Waals surface area contributed by atoms with Crippen molar-refractivity contribution in [1.82, 2.24) is 19.5 Å². The predicted molar refractivity (Wildman–Crippen MR) is 224 cm³/mol. The van der Waals surface area contributed by atoms with Crippen LogP contribution in [0.2, 0.25) is 0 Å². The van der Waals surface area contributed by atoms with Gasteiger partial charge in [0.1, 0.15) is 0 Å². The van der Waals surface area contributed by atoms with E-state index in [9.17, 15) is 0 Å². The molecule has 12 rings (SSSR count). The summed E-state index contributed by atoms with van der Waals surface area (Å²) < 4.78 is 2.38. The minimum Gasteiger partial charge on any atom is -0.309 e. The summed E-state index contributed by atoms with van der Waals surface area (Å²) in [6, 6.07) is 61.2. The van der Waals surface area contributed by atoms with Crippen LogP contribution in [-0.4, -0.2) is 19.5 Å². The highest BCUT2D eigenvalue weighted by Crippen LogP contribution is 2.44. The second kappa shape index (κ2) is 11.7. The molecule has 0 amide bonds. The van der Waals surface area contributed by atoms with Gasteiger partial charge in [-0.3, -0.25) is 0 Å². The van der Waals surface area contributed by atoms with Gasteiger partial charge in [-0.15, -0.1) is 0 Å². The number of rotatable bonds is 4. The Bertz CT molecular complexity index is 3090. The molecule has 0 unspecified atom stereocenters. The number of fused-ring (bicyclic) bond motifs is 10.